The van der Waals surface area contributed by atoms with Gasteiger partial charge in [0.05, 0.1) is 65.0 Å². The molecule has 0 aromatic carbocycles. The number of carbonyl (C=O) groups excluding carboxylic acids is 9. The predicted octanol–water partition coefficient (Wildman–Crippen LogP) is -0.999. The minimum Gasteiger partial charge on any atom is -0.481 e. The molecule has 0 spiro atoms. The zero-order valence-electron chi connectivity index (χ0n) is 31.0. The molecule has 0 saturated carbocycles. The molecular weight excluding hydrogens is 768 g/mol. The van der Waals surface area contributed by atoms with Crippen LogP contribution in [0.5, 0.6) is 0 Å². The highest BCUT2D eigenvalue weighted by atomic mass is 16.6. The minimum atomic E-state index is -1.33. The van der Waals surface area contributed by atoms with Crippen molar-refractivity contribution in [3.63, 3.8) is 0 Å². The summed E-state index contributed by atoms with van der Waals surface area (Å²) in [6.45, 7) is -1.80. The molecule has 2 aliphatic heterocycles. The number of carbonyl (C=O) groups is 11. The average molecular weight is 813 g/mol. The summed E-state index contributed by atoms with van der Waals surface area (Å²) in [5.41, 5.74) is 0. The maximum Gasteiger partial charge on any atom is 0.307 e. The molecule has 3 atom stereocenters. The maximum absolute atomic E-state index is 12.4. The van der Waals surface area contributed by atoms with E-state index in [4.69, 9.17) is 43.4 Å². The van der Waals surface area contributed by atoms with E-state index in [1.165, 1.54) is 0 Å². The Labute approximate surface area is 324 Å². The number of rotatable bonds is 29. The van der Waals surface area contributed by atoms with Crippen molar-refractivity contribution in [1.82, 2.24) is 9.80 Å². The highest BCUT2D eigenvalue weighted by Gasteiger charge is 2.27. The molecule has 22 nitrogen and oxygen atoms in total. The first kappa shape index (κ1) is 47.1. The van der Waals surface area contributed by atoms with Crippen molar-refractivity contribution in [3.8, 4) is 0 Å². The van der Waals surface area contributed by atoms with Gasteiger partial charge >= 0.3 is 41.8 Å². The van der Waals surface area contributed by atoms with Crippen LogP contribution in [0.1, 0.15) is 58.3 Å². The van der Waals surface area contributed by atoms with Gasteiger partial charge in [0, 0.05) is 43.8 Å². The van der Waals surface area contributed by atoms with E-state index in [1.807, 2.05) is 0 Å². The van der Waals surface area contributed by atoms with Crippen LogP contribution in [0.3, 0.4) is 0 Å². The molecule has 0 aromatic rings. The first-order chi connectivity index (χ1) is 27.1. The molecule has 57 heavy (non-hydrogen) atoms. The molecule has 2 rings (SSSR count). The molecule has 4 amide bonds. The molecular formula is C35H44N2O20. The Morgan fingerprint density at radius 2 is 0.789 bits per heavy atom. The van der Waals surface area contributed by atoms with Crippen LogP contribution in [0.2, 0.25) is 0 Å². The van der Waals surface area contributed by atoms with Crippen molar-refractivity contribution < 1.29 is 96.1 Å². The summed E-state index contributed by atoms with van der Waals surface area (Å²) in [5.74, 6) is -9.30. The lowest BCUT2D eigenvalue weighted by Crippen LogP contribution is -2.36. The third kappa shape index (κ3) is 19.4. The molecule has 314 valence electrons. The van der Waals surface area contributed by atoms with Gasteiger partial charge in [-0.2, -0.15) is 0 Å². The Kier molecular flexibility index (Phi) is 20.8. The third-order valence-corrected chi connectivity index (χ3v) is 7.39. The standard InChI is InChI=1S/C35H44N2O20/c1-2-3-33(48)56-23(20-53-31(46)12-14-36-25(38)4-5-26(36)39)18-51-16-22(55-34(49)10-8-29(42)43)17-52-19-24(57-35(50)11-9-30(44)45)21-54-32(47)13-15-37-27(40)6-7-28(37)41/h4-7,22-24H,2-3,8-21H2,1H3,(H,42,43)(H,44,45). The number of ether oxygens (including phenoxy) is 7. The van der Waals surface area contributed by atoms with Gasteiger partial charge in [-0.15, -0.1) is 0 Å². The lowest BCUT2D eigenvalue weighted by Gasteiger charge is -2.23. The number of carboxylic acids is 2. The van der Waals surface area contributed by atoms with Gasteiger partial charge in [-0.1, -0.05) is 6.92 Å². The van der Waals surface area contributed by atoms with Gasteiger partial charge in [0.15, 0.2) is 12.2 Å². The van der Waals surface area contributed by atoms with Crippen LogP contribution in [0.15, 0.2) is 24.3 Å². The summed E-state index contributed by atoms with van der Waals surface area (Å²) in [6.07, 6.45) is -2.12. The minimum absolute atomic E-state index is 0.0148. The first-order valence-corrected chi connectivity index (χ1v) is 17.6. The number of aliphatic carboxylic acids is 2. The van der Waals surface area contributed by atoms with Gasteiger partial charge in [0.2, 0.25) is 0 Å². The normalized spacial score (nSPS) is 15.0. The fourth-order valence-electron chi connectivity index (χ4n) is 4.59. The number of hydrogen-bond donors (Lipinski definition) is 2. The fraction of sp³-hybridized carbons (Fsp3) is 0.571. The second-order valence-electron chi connectivity index (χ2n) is 12.1. The van der Waals surface area contributed by atoms with E-state index in [9.17, 15) is 52.7 Å². The molecule has 3 unspecified atom stereocenters. The van der Waals surface area contributed by atoms with E-state index in [1.54, 1.807) is 6.92 Å². The van der Waals surface area contributed by atoms with E-state index in [-0.39, 0.29) is 25.9 Å². The lowest BCUT2D eigenvalue weighted by molar-refractivity contribution is -0.170. The quantitative estimate of drug-likeness (QED) is 0.0520. The first-order valence-electron chi connectivity index (χ1n) is 17.6. The smallest absolute Gasteiger partial charge is 0.307 e. The number of nitrogens with zero attached hydrogens (tertiary/aromatic N) is 2. The second kappa shape index (κ2) is 25.2. The van der Waals surface area contributed by atoms with E-state index in [0.717, 1.165) is 34.1 Å². The number of hydrogen-bond acceptors (Lipinski definition) is 18. The molecule has 0 fully saturated rings. The van der Waals surface area contributed by atoms with Crippen molar-refractivity contribution >= 4 is 65.4 Å². The van der Waals surface area contributed by atoms with Crippen LogP contribution >= 0.6 is 0 Å². The van der Waals surface area contributed by atoms with Gasteiger partial charge in [-0.05, 0) is 6.42 Å². The lowest BCUT2D eigenvalue weighted by atomic mass is 10.3. The van der Waals surface area contributed by atoms with Crippen molar-refractivity contribution in [2.45, 2.75) is 76.6 Å². The van der Waals surface area contributed by atoms with Crippen LogP contribution in [0, 0.1) is 0 Å². The van der Waals surface area contributed by atoms with Crippen molar-refractivity contribution in [1.29, 1.82) is 0 Å². The molecule has 0 radical (unpaired) electrons. The topological polar surface area (TPSA) is 299 Å². The summed E-state index contributed by atoms with van der Waals surface area (Å²) < 4.78 is 37.2. The summed E-state index contributed by atoms with van der Waals surface area (Å²) in [7, 11) is 0. The van der Waals surface area contributed by atoms with Crippen LogP contribution in [0.25, 0.3) is 0 Å². The summed E-state index contributed by atoms with van der Waals surface area (Å²) in [6, 6.07) is 0. The van der Waals surface area contributed by atoms with Gasteiger partial charge < -0.3 is 43.4 Å². The Balaban J connectivity index is 2.02. The monoisotopic (exact) mass is 812 g/mol. The van der Waals surface area contributed by atoms with Crippen LogP contribution in [0.4, 0.5) is 0 Å². The zero-order valence-corrected chi connectivity index (χ0v) is 31.0. The maximum atomic E-state index is 12.4. The molecule has 22 heteroatoms. The fourth-order valence-corrected chi connectivity index (χ4v) is 4.59. The van der Waals surface area contributed by atoms with Gasteiger partial charge in [-0.25, -0.2) is 0 Å². The molecule has 2 aliphatic rings. The zero-order chi connectivity index (χ0) is 42.3. The number of carboxylic acid groups (broad SMARTS) is 2. The number of esters is 5. The number of imide groups is 2. The Morgan fingerprint density at radius 1 is 0.474 bits per heavy atom. The summed E-state index contributed by atoms with van der Waals surface area (Å²) in [4.78, 5) is 132. The molecule has 2 N–H and O–H groups in total. The molecule has 0 aromatic heterocycles. The third-order valence-electron chi connectivity index (χ3n) is 7.39. The highest BCUT2D eigenvalue weighted by Crippen LogP contribution is 2.10. The van der Waals surface area contributed by atoms with E-state index in [0.29, 0.717) is 6.42 Å². The summed E-state index contributed by atoms with van der Waals surface area (Å²) in [5, 5.41) is 17.8. The molecule has 0 aliphatic carbocycles. The molecule has 0 saturated heterocycles. The summed E-state index contributed by atoms with van der Waals surface area (Å²) >= 11 is 0. The van der Waals surface area contributed by atoms with Gasteiger partial charge in [0.25, 0.3) is 23.6 Å². The van der Waals surface area contributed by atoms with Crippen molar-refractivity contribution in [2.24, 2.45) is 0 Å². The molecule has 2 heterocycles. The van der Waals surface area contributed by atoms with E-state index in [2.05, 4.69) is 0 Å². The second-order valence-corrected chi connectivity index (χ2v) is 12.1. The Morgan fingerprint density at radius 3 is 1.11 bits per heavy atom. The van der Waals surface area contributed by atoms with E-state index >= 15 is 0 Å². The SMILES string of the molecule is CCCC(=O)OC(COCC(COCC(COC(=O)CCN1C(=O)C=CC1=O)OC(=O)CCC(=O)O)OC(=O)CCC(=O)O)COC(=O)CCN1C(=O)C=CC1=O. The molecule has 0 bridgehead atoms. The highest BCUT2D eigenvalue weighted by molar-refractivity contribution is 6.13. The number of amides is 4. The van der Waals surface area contributed by atoms with Crippen LogP contribution in [-0.4, -0.2) is 156 Å². The van der Waals surface area contributed by atoms with Crippen molar-refractivity contribution in [3.05, 3.63) is 24.3 Å². The van der Waals surface area contributed by atoms with Crippen LogP contribution < -0.4 is 0 Å². The largest absolute Gasteiger partial charge is 0.481 e. The van der Waals surface area contributed by atoms with E-state index < -0.39 is 155 Å². The Hall–Kier alpha value is -6.03. The average Bonchev–Trinajstić information content (AvgIpc) is 3.65. The van der Waals surface area contributed by atoms with Gasteiger partial charge in [0.1, 0.15) is 19.3 Å². The van der Waals surface area contributed by atoms with Crippen LogP contribution in [-0.2, 0) is 85.9 Å². The predicted molar refractivity (Wildman–Crippen MR) is 183 cm³/mol. The Bertz CT molecular complexity index is 1530. The van der Waals surface area contributed by atoms with Crippen molar-refractivity contribution in [2.75, 3.05) is 52.7 Å². The van der Waals surface area contributed by atoms with Gasteiger partial charge in [-0.3, -0.25) is 62.5 Å².